The normalized spacial score (nSPS) is 11.6. The minimum absolute atomic E-state index is 0.242. The van der Waals surface area contributed by atoms with Gasteiger partial charge >= 0.3 is 12.3 Å². The second kappa shape index (κ2) is 9.36. The molecule has 0 aromatic carbocycles. The van der Waals surface area contributed by atoms with Crippen LogP contribution in [0, 0.1) is 0 Å². The van der Waals surface area contributed by atoms with Crippen LogP contribution < -0.4 is 4.74 Å². The molecule has 1 amide bonds. The van der Waals surface area contributed by atoms with Crippen LogP contribution in [0.1, 0.15) is 20.1 Å². The Labute approximate surface area is 172 Å². The molecule has 0 aliphatic heterocycles. The van der Waals surface area contributed by atoms with Crippen LogP contribution in [0.25, 0.3) is 0 Å². The van der Waals surface area contributed by atoms with E-state index < -0.39 is 19.0 Å². The molecule has 0 fully saturated rings. The smallest absolute Gasteiger partial charge is 0.340 e. The lowest BCUT2D eigenvalue weighted by molar-refractivity contribution is -0.148. The number of hydrogen-bond acceptors (Lipinski definition) is 5. The summed E-state index contributed by atoms with van der Waals surface area (Å²) in [5.74, 6) is -4.82. The second-order valence-electron chi connectivity index (χ2n) is 6.06. The van der Waals surface area contributed by atoms with E-state index in [2.05, 4.69) is 9.72 Å². The number of nitrogens with zero attached hydrogens (tertiary/aromatic N) is 2. The Bertz CT molecular complexity index is 865. The molecule has 0 radical (unpaired) electrons. The van der Waals surface area contributed by atoms with E-state index in [0.29, 0.717) is 13.1 Å². The van der Waals surface area contributed by atoms with E-state index in [4.69, 9.17) is 0 Å². The molecular weight excluding hydrogens is 428 g/mol. The second-order valence-corrected chi connectivity index (χ2v) is 8.12. The summed E-state index contributed by atoms with van der Waals surface area (Å²) in [7, 11) is 0. The van der Waals surface area contributed by atoms with Crippen molar-refractivity contribution in [3.8, 4) is 5.88 Å². The van der Waals surface area contributed by atoms with Gasteiger partial charge in [0.25, 0.3) is 5.91 Å². The van der Waals surface area contributed by atoms with Gasteiger partial charge in [0.05, 0.1) is 18.7 Å². The summed E-state index contributed by atoms with van der Waals surface area (Å²) >= 11 is 3.06. The van der Waals surface area contributed by atoms with E-state index in [1.807, 2.05) is 35.0 Å². The zero-order valence-electron chi connectivity index (χ0n) is 14.9. The standard InChI is InChI=1S/C19H16F4N2O2S2/c20-18(21)19(22,23)12-27-16-6-5-13(9-24-16)17(26)25(10-14-3-1-7-28-14)11-15-4-2-8-29-15/h1-9,18H,10-12H2. The maximum Gasteiger partial charge on any atom is 0.340 e. The van der Waals surface area contributed by atoms with E-state index in [9.17, 15) is 22.4 Å². The number of amides is 1. The number of rotatable bonds is 9. The number of carbonyl (C=O) groups is 1. The maximum absolute atomic E-state index is 13.0. The Hall–Kier alpha value is -2.46. The van der Waals surface area contributed by atoms with E-state index >= 15 is 0 Å². The topological polar surface area (TPSA) is 42.4 Å². The van der Waals surface area contributed by atoms with Gasteiger partial charge in [-0.25, -0.2) is 13.8 Å². The lowest BCUT2D eigenvalue weighted by atomic mass is 10.2. The lowest BCUT2D eigenvalue weighted by Gasteiger charge is -2.21. The fraction of sp³-hybridized carbons (Fsp3) is 0.263. The van der Waals surface area contributed by atoms with Crippen molar-refractivity contribution in [1.82, 2.24) is 9.88 Å². The summed E-state index contributed by atoms with van der Waals surface area (Å²) in [5.41, 5.74) is 0.242. The molecule has 3 rings (SSSR count). The van der Waals surface area contributed by atoms with Gasteiger partial charge in [-0.1, -0.05) is 12.1 Å². The van der Waals surface area contributed by atoms with Crippen molar-refractivity contribution in [3.63, 3.8) is 0 Å². The van der Waals surface area contributed by atoms with E-state index in [0.717, 1.165) is 9.75 Å². The van der Waals surface area contributed by atoms with Crippen molar-refractivity contribution in [2.75, 3.05) is 6.61 Å². The first-order valence-corrected chi connectivity index (χ1v) is 10.2. The van der Waals surface area contributed by atoms with Crippen molar-refractivity contribution >= 4 is 28.6 Å². The van der Waals surface area contributed by atoms with Gasteiger partial charge in [-0.2, -0.15) is 8.78 Å². The summed E-state index contributed by atoms with van der Waals surface area (Å²) < 4.78 is 54.9. The number of alkyl halides is 4. The van der Waals surface area contributed by atoms with Crippen LogP contribution in [-0.2, 0) is 13.1 Å². The Morgan fingerprint density at radius 2 is 1.69 bits per heavy atom. The first kappa shape index (κ1) is 21.3. The number of pyridine rings is 1. The highest BCUT2D eigenvalue weighted by molar-refractivity contribution is 7.10. The molecule has 4 nitrogen and oxygen atoms in total. The van der Waals surface area contributed by atoms with E-state index in [-0.39, 0.29) is 17.4 Å². The van der Waals surface area contributed by atoms with Gasteiger partial charge < -0.3 is 9.64 Å². The Kier molecular flexibility index (Phi) is 6.86. The van der Waals surface area contributed by atoms with Gasteiger partial charge in [0.1, 0.15) is 0 Å². The predicted octanol–water partition coefficient (Wildman–Crippen LogP) is 5.33. The molecular formula is C19H16F4N2O2S2. The first-order chi connectivity index (χ1) is 13.8. The van der Waals surface area contributed by atoms with Crippen molar-refractivity contribution in [3.05, 3.63) is 68.7 Å². The highest BCUT2D eigenvalue weighted by atomic mass is 32.1. The SMILES string of the molecule is O=C(c1ccc(OCC(F)(F)C(F)F)nc1)N(Cc1cccs1)Cc1cccs1. The van der Waals surface area contributed by atoms with Crippen molar-refractivity contribution in [1.29, 1.82) is 0 Å². The fourth-order valence-corrected chi connectivity index (χ4v) is 3.83. The molecule has 0 unspecified atom stereocenters. The lowest BCUT2D eigenvalue weighted by Crippen LogP contribution is -2.34. The van der Waals surface area contributed by atoms with Crippen LogP contribution in [0.3, 0.4) is 0 Å². The molecule has 0 aliphatic carbocycles. The molecule has 3 aromatic rings. The monoisotopic (exact) mass is 444 g/mol. The zero-order chi connectivity index (χ0) is 20.9. The molecule has 29 heavy (non-hydrogen) atoms. The van der Waals surface area contributed by atoms with Crippen LogP contribution >= 0.6 is 22.7 Å². The molecule has 3 heterocycles. The number of ether oxygens (including phenoxy) is 1. The molecule has 0 N–H and O–H groups in total. The van der Waals surface area contributed by atoms with Crippen molar-refractivity contribution in [2.24, 2.45) is 0 Å². The number of halogens is 4. The van der Waals surface area contributed by atoms with Gasteiger partial charge in [-0.05, 0) is 29.0 Å². The number of carbonyl (C=O) groups excluding carboxylic acids is 1. The average Bonchev–Trinajstić information content (AvgIpc) is 3.40. The average molecular weight is 444 g/mol. The molecule has 0 atom stereocenters. The molecule has 0 saturated carbocycles. The summed E-state index contributed by atoms with van der Waals surface area (Å²) in [5, 5.41) is 3.85. The highest BCUT2D eigenvalue weighted by Crippen LogP contribution is 2.24. The minimum atomic E-state index is -4.27. The fourth-order valence-electron chi connectivity index (χ4n) is 2.39. The van der Waals surface area contributed by atoms with E-state index in [1.165, 1.54) is 41.0 Å². The maximum atomic E-state index is 13.0. The van der Waals surface area contributed by atoms with Crippen LogP contribution in [-0.4, -0.2) is 34.7 Å². The minimum Gasteiger partial charge on any atom is -0.471 e. The number of hydrogen-bond donors (Lipinski definition) is 0. The Balaban J connectivity index is 1.70. The third kappa shape index (κ3) is 5.77. The number of thiophene rings is 2. The molecule has 0 spiro atoms. The van der Waals surface area contributed by atoms with E-state index in [1.54, 1.807) is 4.90 Å². The summed E-state index contributed by atoms with van der Waals surface area (Å²) in [6.07, 6.45) is -2.64. The molecule has 0 aliphatic rings. The first-order valence-electron chi connectivity index (χ1n) is 8.44. The summed E-state index contributed by atoms with van der Waals surface area (Å²) in [6, 6.07) is 10.2. The van der Waals surface area contributed by atoms with Crippen LogP contribution in [0.5, 0.6) is 5.88 Å². The highest BCUT2D eigenvalue weighted by Gasteiger charge is 2.41. The third-order valence-corrected chi connectivity index (χ3v) is 5.58. The molecule has 154 valence electrons. The van der Waals surface area contributed by atoms with Crippen LogP contribution in [0.15, 0.2) is 53.4 Å². The van der Waals surface area contributed by atoms with Gasteiger partial charge in [0.2, 0.25) is 5.88 Å². The molecule has 10 heteroatoms. The predicted molar refractivity (Wildman–Crippen MR) is 103 cm³/mol. The third-order valence-electron chi connectivity index (χ3n) is 3.86. The Morgan fingerprint density at radius 3 is 2.14 bits per heavy atom. The van der Waals surface area contributed by atoms with Gasteiger partial charge in [0, 0.05) is 22.0 Å². The summed E-state index contributed by atoms with van der Waals surface area (Å²) in [4.78, 5) is 20.4. The van der Waals surface area contributed by atoms with Gasteiger partial charge in [-0.15, -0.1) is 22.7 Å². The Morgan fingerprint density at radius 1 is 1.07 bits per heavy atom. The molecule has 3 aromatic heterocycles. The van der Waals surface area contributed by atoms with Gasteiger partial charge in [0.15, 0.2) is 6.61 Å². The van der Waals surface area contributed by atoms with Crippen LogP contribution in [0.2, 0.25) is 0 Å². The quantitative estimate of drug-likeness (QED) is 0.419. The zero-order valence-corrected chi connectivity index (χ0v) is 16.6. The van der Waals surface area contributed by atoms with Crippen molar-refractivity contribution in [2.45, 2.75) is 25.4 Å². The molecule has 0 bridgehead atoms. The largest absolute Gasteiger partial charge is 0.471 e. The summed E-state index contributed by atoms with van der Waals surface area (Å²) in [6.45, 7) is -0.672. The molecule has 0 saturated heterocycles. The van der Waals surface area contributed by atoms with Crippen LogP contribution in [0.4, 0.5) is 17.6 Å². The number of aromatic nitrogens is 1. The van der Waals surface area contributed by atoms with Gasteiger partial charge in [-0.3, -0.25) is 4.79 Å². The van der Waals surface area contributed by atoms with Crippen molar-refractivity contribution < 1.29 is 27.1 Å².